The number of hydrogen-bond donors (Lipinski definition) is 1. The van der Waals surface area contributed by atoms with Crippen LogP contribution < -0.4 is 0 Å². The van der Waals surface area contributed by atoms with Gasteiger partial charge in [0.05, 0.1) is 6.10 Å². The molecule has 0 aromatic carbocycles. The second-order valence-corrected chi connectivity index (χ2v) is 7.24. The van der Waals surface area contributed by atoms with E-state index >= 15 is 0 Å². The molecule has 138 valence electrons. The van der Waals surface area contributed by atoms with Gasteiger partial charge in [-0.05, 0) is 52.0 Å². The van der Waals surface area contributed by atoms with Crippen LogP contribution in [0.15, 0.2) is 35.5 Å². The van der Waals surface area contributed by atoms with E-state index in [1.807, 2.05) is 19.9 Å². The summed E-state index contributed by atoms with van der Waals surface area (Å²) in [5, 5.41) is 10.3. The molecule has 5 unspecified atom stereocenters. The lowest BCUT2D eigenvalue weighted by Gasteiger charge is -2.30. The van der Waals surface area contributed by atoms with Gasteiger partial charge in [-0.15, -0.1) is 0 Å². The van der Waals surface area contributed by atoms with Crippen LogP contribution in [0.1, 0.15) is 47.0 Å². The zero-order chi connectivity index (χ0) is 18.7. The summed E-state index contributed by atoms with van der Waals surface area (Å²) in [6.45, 7) is 11.2. The first-order chi connectivity index (χ1) is 11.7. The second kappa shape index (κ2) is 8.00. The van der Waals surface area contributed by atoms with Crippen molar-refractivity contribution >= 4 is 11.9 Å². The van der Waals surface area contributed by atoms with Gasteiger partial charge in [-0.3, -0.25) is 0 Å². The third-order valence-electron chi connectivity index (χ3n) is 5.13. The highest BCUT2D eigenvalue weighted by atomic mass is 16.6. The van der Waals surface area contributed by atoms with Crippen molar-refractivity contribution in [2.24, 2.45) is 11.8 Å². The smallest absolute Gasteiger partial charge is 0.334 e. The first kappa shape index (κ1) is 19.4. The molecule has 0 bridgehead atoms. The number of allylic oxidation sites excluding steroid dienone is 1. The predicted octanol–water partition coefficient (Wildman–Crippen LogP) is 3.09. The number of aliphatic hydroxyl groups excluding tert-OH is 1. The zero-order valence-corrected chi connectivity index (χ0v) is 15.5. The number of carbonyl (C=O) groups is 2. The summed E-state index contributed by atoms with van der Waals surface area (Å²) in [7, 11) is 0. The van der Waals surface area contributed by atoms with Crippen molar-refractivity contribution in [2.75, 3.05) is 0 Å². The number of carbonyl (C=O) groups excluding carboxylic acids is 2. The van der Waals surface area contributed by atoms with Gasteiger partial charge in [0.25, 0.3) is 0 Å². The SMILES string of the molecule is C=C1C(=O)OC2C=C(C)CC(O)CC(C)C(OC(=O)C(C)=CC)CC12. The molecule has 1 heterocycles. The van der Waals surface area contributed by atoms with Gasteiger partial charge in [0, 0.05) is 17.1 Å². The maximum atomic E-state index is 12.2. The summed E-state index contributed by atoms with van der Waals surface area (Å²) in [5.41, 5.74) is 1.94. The van der Waals surface area contributed by atoms with Gasteiger partial charge in [0.15, 0.2) is 0 Å². The van der Waals surface area contributed by atoms with Crippen LogP contribution in [0, 0.1) is 11.8 Å². The number of ether oxygens (including phenoxy) is 2. The van der Waals surface area contributed by atoms with Gasteiger partial charge in [-0.25, -0.2) is 9.59 Å². The molecule has 0 aromatic heterocycles. The van der Waals surface area contributed by atoms with E-state index in [1.165, 1.54) is 0 Å². The van der Waals surface area contributed by atoms with E-state index in [-0.39, 0.29) is 17.8 Å². The van der Waals surface area contributed by atoms with E-state index in [4.69, 9.17) is 9.47 Å². The van der Waals surface area contributed by atoms with Crippen LogP contribution in [0.3, 0.4) is 0 Å². The molecule has 0 aromatic rings. The molecule has 1 N–H and O–H groups in total. The molecule has 1 saturated heterocycles. The Morgan fingerprint density at radius 3 is 2.76 bits per heavy atom. The molecule has 5 atom stereocenters. The van der Waals surface area contributed by atoms with Gasteiger partial charge in [0.2, 0.25) is 0 Å². The number of rotatable bonds is 2. The van der Waals surface area contributed by atoms with Crippen molar-refractivity contribution in [2.45, 2.75) is 65.3 Å². The third-order valence-corrected chi connectivity index (χ3v) is 5.13. The second-order valence-electron chi connectivity index (χ2n) is 7.24. The summed E-state index contributed by atoms with van der Waals surface area (Å²) in [6.07, 6.45) is 3.73. The molecule has 5 nitrogen and oxygen atoms in total. The molecule has 0 radical (unpaired) electrons. The topological polar surface area (TPSA) is 72.8 Å². The molecular weight excluding hydrogens is 320 g/mol. The molecule has 0 saturated carbocycles. The lowest BCUT2D eigenvalue weighted by molar-refractivity contribution is -0.149. The molecule has 25 heavy (non-hydrogen) atoms. The first-order valence-electron chi connectivity index (χ1n) is 8.82. The third kappa shape index (κ3) is 4.60. The molecule has 2 rings (SSSR count). The van der Waals surface area contributed by atoms with E-state index in [9.17, 15) is 14.7 Å². The molecule has 5 heteroatoms. The van der Waals surface area contributed by atoms with Crippen LogP contribution in [-0.2, 0) is 19.1 Å². The number of hydrogen-bond acceptors (Lipinski definition) is 5. The van der Waals surface area contributed by atoms with E-state index < -0.39 is 24.3 Å². The highest BCUT2D eigenvalue weighted by molar-refractivity contribution is 5.91. The van der Waals surface area contributed by atoms with E-state index in [0.29, 0.717) is 30.4 Å². The zero-order valence-electron chi connectivity index (χ0n) is 15.5. The molecule has 1 aliphatic heterocycles. The van der Waals surface area contributed by atoms with Crippen molar-refractivity contribution in [3.63, 3.8) is 0 Å². The molecule has 1 aliphatic carbocycles. The van der Waals surface area contributed by atoms with Gasteiger partial charge >= 0.3 is 11.9 Å². The highest BCUT2D eigenvalue weighted by Crippen LogP contribution is 2.36. The average molecular weight is 348 g/mol. The van der Waals surface area contributed by atoms with Crippen LogP contribution in [0.5, 0.6) is 0 Å². The normalized spacial score (nSPS) is 34.0. The number of fused-ring (bicyclic) bond motifs is 1. The monoisotopic (exact) mass is 348 g/mol. The molecule has 0 spiro atoms. The van der Waals surface area contributed by atoms with E-state index in [1.54, 1.807) is 19.9 Å². The standard InChI is InChI=1S/C20H28O5/c1-6-12(3)19(22)24-17-10-16-14(5)20(23)25-18(16)8-11(2)7-15(21)9-13(17)4/h6,8,13,15-18,21H,5,7,9-10H2,1-4H3. The Labute approximate surface area is 149 Å². The van der Waals surface area contributed by atoms with Crippen molar-refractivity contribution in [3.8, 4) is 0 Å². The Balaban J connectivity index is 2.31. The maximum Gasteiger partial charge on any atom is 0.334 e. The number of esters is 2. The molecular formula is C20H28O5. The minimum atomic E-state index is -0.521. The van der Waals surface area contributed by atoms with Crippen molar-refractivity contribution < 1.29 is 24.2 Å². The summed E-state index contributed by atoms with van der Waals surface area (Å²) in [6, 6.07) is 0. The molecule has 0 amide bonds. The Morgan fingerprint density at radius 1 is 1.44 bits per heavy atom. The van der Waals surface area contributed by atoms with Crippen molar-refractivity contribution in [3.05, 3.63) is 35.5 Å². The van der Waals surface area contributed by atoms with E-state index in [2.05, 4.69) is 6.58 Å². The predicted molar refractivity (Wildman–Crippen MR) is 94.6 cm³/mol. The van der Waals surface area contributed by atoms with Gasteiger partial charge < -0.3 is 14.6 Å². The van der Waals surface area contributed by atoms with Crippen molar-refractivity contribution in [1.82, 2.24) is 0 Å². The Morgan fingerprint density at radius 2 is 2.12 bits per heavy atom. The number of aliphatic hydroxyl groups is 1. The van der Waals surface area contributed by atoms with Gasteiger partial charge in [-0.1, -0.05) is 25.2 Å². The summed E-state index contributed by atoms with van der Waals surface area (Å²) < 4.78 is 11.1. The average Bonchev–Trinajstić information content (AvgIpc) is 2.79. The van der Waals surface area contributed by atoms with Crippen LogP contribution in [0.25, 0.3) is 0 Å². The Bertz CT molecular complexity index is 616. The van der Waals surface area contributed by atoms with Gasteiger partial charge in [-0.2, -0.15) is 0 Å². The maximum absolute atomic E-state index is 12.2. The lowest BCUT2D eigenvalue weighted by atomic mass is 9.82. The fourth-order valence-electron chi connectivity index (χ4n) is 3.44. The fraction of sp³-hybridized carbons (Fsp3) is 0.600. The van der Waals surface area contributed by atoms with Crippen LogP contribution in [0.4, 0.5) is 0 Å². The quantitative estimate of drug-likeness (QED) is 0.472. The van der Waals surface area contributed by atoms with Crippen LogP contribution in [0.2, 0.25) is 0 Å². The largest absolute Gasteiger partial charge is 0.459 e. The summed E-state index contributed by atoms with van der Waals surface area (Å²) >= 11 is 0. The minimum absolute atomic E-state index is 0.0429. The van der Waals surface area contributed by atoms with E-state index in [0.717, 1.165) is 5.57 Å². The highest BCUT2D eigenvalue weighted by Gasteiger charge is 2.41. The van der Waals surface area contributed by atoms with Crippen LogP contribution in [-0.4, -0.2) is 35.4 Å². The summed E-state index contributed by atoms with van der Waals surface area (Å²) in [4.78, 5) is 24.2. The first-order valence-corrected chi connectivity index (χ1v) is 8.82. The summed E-state index contributed by atoms with van der Waals surface area (Å²) in [5.74, 6) is -1.03. The van der Waals surface area contributed by atoms with Crippen LogP contribution >= 0.6 is 0 Å². The Hall–Kier alpha value is -1.88. The molecule has 2 aliphatic rings. The fourth-order valence-corrected chi connectivity index (χ4v) is 3.44. The van der Waals surface area contributed by atoms with Gasteiger partial charge in [0.1, 0.15) is 12.2 Å². The lowest BCUT2D eigenvalue weighted by Crippen LogP contribution is -2.33. The van der Waals surface area contributed by atoms with Crippen molar-refractivity contribution in [1.29, 1.82) is 0 Å². The molecule has 1 fully saturated rings. The Kier molecular flexibility index (Phi) is 6.22. The minimum Gasteiger partial charge on any atom is -0.459 e.